The molecule has 0 aliphatic heterocycles. The number of benzene rings is 1. The van der Waals surface area contributed by atoms with Crippen LogP contribution in [0.15, 0.2) is 24.4 Å². The van der Waals surface area contributed by atoms with Crippen molar-refractivity contribution < 1.29 is 4.79 Å². The number of aryl methyl sites for hydroxylation is 1. The van der Waals surface area contributed by atoms with E-state index in [4.69, 9.17) is 0 Å². The van der Waals surface area contributed by atoms with E-state index in [9.17, 15) is 4.79 Å². The molecular weight excluding hydrogens is 283 g/mol. The highest BCUT2D eigenvalue weighted by molar-refractivity contribution is 6.40. The maximum atomic E-state index is 12.7. The topological polar surface area (TPSA) is 34.0 Å². The third-order valence-electron chi connectivity index (χ3n) is 5.26. The zero-order chi connectivity index (χ0) is 16.2. The second-order valence-electron chi connectivity index (χ2n) is 6.85. The monoisotopic (exact) mass is 310 g/mol. The molecule has 1 aromatic carbocycles. The normalized spacial score (nSPS) is 15.9. The van der Waals surface area contributed by atoms with E-state index in [2.05, 4.69) is 42.9 Å². The maximum Gasteiger partial charge on any atom is 0.253 e. The minimum absolute atomic E-state index is 0.0762. The van der Waals surface area contributed by atoms with Crippen LogP contribution in [0.3, 0.4) is 0 Å². The molecule has 1 aromatic heterocycles. The summed E-state index contributed by atoms with van der Waals surface area (Å²) in [6.45, 7) is 3.80. The molecule has 0 radical (unpaired) electrons. The van der Waals surface area contributed by atoms with Gasteiger partial charge in [-0.25, -0.2) is 0 Å². The van der Waals surface area contributed by atoms with Crippen molar-refractivity contribution in [2.75, 3.05) is 6.54 Å². The molecule has 1 aliphatic rings. The maximum absolute atomic E-state index is 12.7. The molecule has 0 atom stereocenters. The number of aromatic nitrogens is 1. The summed E-state index contributed by atoms with van der Waals surface area (Å²) in [6, 6.07) is 6.25. The number of hydrogen-bond acceptors (Lipinski definition) is 1. The summed E-state index contributed by atoms with van der Waals surface area (Å²) in [4.78, 5) is 12.7. The number of nitrogens with one attached hydrogen (secondary N) is 1. The Balaban J connectivity index is 1.70. The van der Waals surface area contributed by atoms with Gasteiger partial charge in [-0.3, -0.25) is 4.79 Å². The van der Waals surface area contributed by atoms with Crippen molar-refractivity contribution in [3.8, 4) is 0 Å². The van der Waals surface area contributed by atoms with E-state index >= 15 is 0 Å². The molecule has 0 bridgehead atoms. The third-order valence-corrected chi connectivity index (χ3v) is 5.26. The number of fused-ring (bicyclic) bond motifs is 1. The Hall–Kier alpha value is -1.71. The van der Waals surface area contributed by atoms with Gasteiger partial charge >= 0.3 is 0 Å². The number of carbonyl (C=O) groups excluding carboxylic acids is 1. The van der Waals surface area contributed by atoms with Crippen molar-refractivity contribution in [2.24, 2.45) is 5.92 Å². The van der Waals surface area contributed by atoms with Crippen LogP contribution in [-0.2, 0) is 6.54 Å². The quantitative estimate of drug-likeness (QED) is 0.846. The smallest absolute Gasteiger partial charge is 0.253 e. The van der Waals surface area contributed by atoms with Crippen LogP contribution in [0.25, 0.3) is 10.9 Å². The standard InChI is InChI=1S/C19H27BN2O/c1-2-22-13-15(18-16(20)9-6-10-17(18)22)19(23)21-12-11-14-7-4-3-5-8-14/h6,9-10,13-14H,2-5,7-8,11-12,20H2,1H3,(H,21,23). The first-order chi connectivity index (χ1) is 11.2. The molecule has 0 unspecified atom stereocenters. The van der Waals surface area contributed by atoms with E-state index in [1.54, 1.807) is 0 Å². The molecule has 1 aliphatic carbocycles. The van der Waals surface area contributed by atoms with Crippen LogP contribution < -0.4 is 10.8 Å². The number of hydrogen-bond donors (Lipinski definition) is 1. The number of amides is 1. The Kier molecular flexibility index (Phi) is 5.09. The molecule has 4 heteroatoms. The predicted molar refractivity (Wildman–Crippen MR) is 99.3 cm³/mol. The van der Waals surface area contributed by atoms with Gasteiger partial charge < -0.3 is 9.88 Å². The van der Waals surface area contributed by atoms with Crippen LogP contribution in [0.5, 0.6) is 0 Å². The molecule has 3 nitrogen and oxygen atoms in total. The summed E-state index contributed by atoms with van der Waals surface area (Å²) in [5.74, 6) is 0.884. The van der Waals surface area contributed by atoms with Gasteiger partial charge in [-0.15, -0.1) is 0 Å². The van der Waals surface area contributed by atoms with Crippen LogP contribution in [0, 0.1) is 5.92 Å². The van der Waals surface area contributed by atoms with Crippen molar-refractivity contribution >= 4 is 30.1 Å². The third kappa shape index (κ3) is 3.46. The lowest BCUT2D eigenvalue weighted by atomic mass is 9.87. The molecule has 1 N–H and O–H groups in total. The summed E-state index contributed by atoms with van der Waals surface area (Å²) in [7, 11) is 2.08. The highest BCUT2D eigenvalue weighted by Crippen LogP contribution is 2.26. The highest BCUT2D eigenvalue weighted by atomic mass is 16.1. The zero-order valence-electron chi connectivity index (χ0n) is 14.4. The van der Waals surface area contributed by atoms with Crippen molar-refractivity contribution in [3.05, 3.63) is 30.0 Å². The minimum Gasteiger partial charge on any atom is -0.352 e. The van der Waals surface area contributed by atoms with E-state index in [0.29, 0.717) is 0 Å². The Morgan fingerprint density at radius 1 is 1.30 bits per heavy atom. The van der Waals surface area contributed by atoms with Crippen molar-refractivity contribution in [1.82, 2.24) is 9.88 Å². The highest BCUT2D eigenvalue weighted by Gasteiger charge is 2.17. The van der Waals surface area contributed by atoms with Crippen LogP contribution in [0.1, 0.15) is 55.8 Å². The lowest BCUT2D eigenvalue weighted by Gasteiger charge is -2.21. The van der Waals surface area contributed by atoms with E-state index in [1.165, 1.54) is 37.6 Å². The second-order valence-corrected chi connectivity index (χ2v) is 6.85. The van der Waals surface area contributed by atoms with Crippen LogP contribution >= 0.6 is 0 Å². The number of nitrogens with zero attached hydrogens (tertiary/aromatic N) is 1. The molecule has 1 heterocycles. The van der Waals surface area contributed by atoms with Gasteiger partial charge in [0.1, 0.15) is 7.85 Å². The fraction of sp³-hybridized carbons (Fsp3) is 0.526. The van der Waals surface area contributed by atoms with E-state index in [1.807, 2.05) is 6.20 Å². The van der Waals surface area contributed by atoms with Gasteiger partial charge in [0.05, 0.1) is 5.56 Å². The van der Waals surface area contributed by atoms with Gasteiger partial charge in [0.15, 0.2) is 0 Å². The first-order valence-corrected chi connectivity index (χ1v) is 9.07. The summed E-state index contributed by atoms with van der Waals surface area (Å²) >= 11 is 0. The first kappa shape index (κ1) is 16.2. The molecule has 0 spiro atoms. The molecule has 23 heavy (non-hydrogen) atoms. The molecular formula is C19H27BN2O. The van der Waals surface area contributed by atoms with E-state index in [0.717, 1.165) is 41.9 Å². The fourth-order valence-electron chi connectivity index (χ4n) is 3.93. The second kappa shape index (κ2) is 7.24. The molecule has 1 fully saturated rings. The summed E-state index contributed by atoms with van der Waals surface area (Å²) < 4.78 is 2.17. The molecule has 1 saturated carbocycles. The predicted octanol–water partition coefficient (Wildman–Crippen LogP) is 2.62. The van der Waals surface area contributed by atoms with Gasteiger partial charge in [-0.1, -0.05) is 49.7 Å². The number of carbonyl (C=O) groups is 1. The lowest BCUT2D eigenvalue weighted by molar-refractivity contribution is 0.0952. The molecule has 122 valence electrons. The Morgan fingerprint density at radius 2 is 2.09 bits per heavy atom. The van der Waals surface area contributed by atoms with Crippen molar-refractivity contribution in [3.63, 3.8) is 0 Å². The van der Waals surface area contributed by atoms with Crippen LogP contribution in [0.2, 0.25) is 0 Å². The van der Waals surface area contributed by atoms with Gasteiger partial charge in [0, 0.05) is 30.2 Å². The van der Waals surface area contributed by atoms with Gasteiger partial charge in [0.25, 0.3) is 5.91 Å². The largest absolute Gasteiger partial charge is 0.352 e. The minimum atomic E-state index is 0.0762. The molecule has 1 amide bonds. The average molecular weight is 310 g/mol. The lowest BCUT2D eigenvalue weighted by Crippen LogP contribution is -2.27. The van der Waals surface area contributed by atoms with Crippen LogP contribution in [-0.4, -0.2) is 24.9 Å². The molecule has 2 aromatic rings. The Labute approximate surface area is 139 Å². The summed E-state index contributed by atoms with van der Waals surface area (Å²) in [6.07, 6.45) is 9.92. The van der Waals surface area contributed by atoms with Crippen molar-refractivity contribution in [1.29, 1.82) is 0 Å². The Bertz CT molecular complexity index is 686. The van der Waals surface area contributed by atoms with Gasteiger partial charge in [0.2, 0.25) is 0 Å². The SMILES string of the molecule is Bc1cccc2c1c(C(=O)NCCC1CCCCC1)cn2CC. The number of rotatable bonds is 5. The molecule has 3 rings (SSSR count). The van der Waals surface area contributed by atoms with Crippen molar-refractivity contribution in [2.45, 2.75) is 52.0 Å². The zero-order valence-corrected chi connectivity index (χ0v) is 14.4. The Morgan fingerprint density at radius 3 is 2.83 bits per heavy atom. The van der Waals surface area contributed by atoms with E-state index in [-0.39, 0.29) is 5.91 Å². The van der Waals surface area contributed by atoms with Gasteiger partial charge in [-0.2, -0.15) is 0 Å². The fourth-order valence-corrected chi connectivity index (χ4v) is 3.93. The summed E-state index contributed by atoms with van der Waals surface area (Å²) in [5, 5.41) is 4.25. The first-order valence-electron chi connectivity index (χ1n) is 9.07. The van der Waals surface area contributed by atoms with Gasteiger partial charge in [-0.05, 0) is 25.3 Å². The average Bonchev–Trinajstić information content (AvgIpc) is 2.96. The van der Waals surface area contributed by atoms with Crippen LogP contribution in [0.4, 0.5) is 0 Å². The summed E-state index contributed by atoms with van der Waals surface area (Å²) in [5.41, 5.74) is 3.15. The van der Waals surface area contributed by atoms with E-state index < -0.39 is 0 Å². The molecule has 0 saturated heterocycles.